The van der Waals surface area contributed by atoms with E-state index in [1.165, 1.54) is 18.2 Å². The molecular formula is C16H17ClN3O7PS. The summed E-state index contributed by atoms with van der Waals surface area (Å²) in [7, 11) is -8.34. The van der Waals surface area contributed by atoms with Gasteiger partial charge in [0.15, 0.2) is 15.6 Å². The minimum absolute atomic E-state index is 0.0356. The molecule has 10 nitrogen and oxygen atoms in total. The van der Waals surface area contributed by atoms with Gasteiger partial charge in [-0.05, 0) is 25.0 Å². The number of aromatic nitrogens is 2. The number of ether oxygens (including phenoxy) is 1. The molecule has 0 spiro atoms. The average Bonchev–Trinajstić information content (AvgIpc) is 3.37. The van der Waals surface area contributed by atoms with E-state index in [1.54, 1.807) is 0 Å². The first kappa shape index (κ1) is 21.8. The quantitative estimate of drug-likeness (QED) is 0.565. The molecule has 1 aromatic heterocycles. The Labute approximate surface area is 171 Å². The summed E-state index contributed by atoms with van der Waals surface area (Å²) in [4.78, 5) is 18.1. The zero-order valence-electron chi connectivity index (χ0n) is 15.1. The van der Waals surface area contributed by atoms with Crippen LogP contribution in [0.25, 0.3) is 0 Å². The molecule has 2 N–H and O–H groups in total. The highest BCUT2D eigenvalue weighted by atomic mass is 35.5. The van der Waals surface area contributed by atoms with E-state index in [1.807, 2.05) is 6.07 Å². The van der Waals surface area contributed by atoms with E-state index >= 15 is 0 Å². The topological polar surface area (TPSA) is 152 Å². The smallest absolute Gasteiger partial charge is 0.453 e. The van der Waals surface area contributed by atoms with Gasteiger partial charge in [-0.3, -0.25) is 4.52 Å². The molecule has 0 bridgehead atoms. The summed E-state index contributed by atoms with van der Waals surface area (Å²) in [6.07, 6.45) is 2.65. The summed E-state index contributed by atoms with van der Waals surface area (Å²) >= 11 is 6.03. The molecule has 0 atom stereocenters. The van der Waals surface area contributed by atoms with Gasteiger partial charge in [-0.2, -0.15) is 10.4 Å². The van der Waals surface area contributed by atoms with Crippen molar-refractivity contribution >= 4 is 29.3 Å². The molecule has 0 radical (unpaired) electrons. The fraction of sp³-hybridized carbons (Fsp3) is 0.375. The van der Waals surface area contributed by atoms with Crippen molar-refractivity contribution in [2.24, 2.45) is 0 Å². The van der Waals surface area contributed by atoms with E-state index < -0.39 is 30.1 Å². The van der Waals surface area contributed by atoms with E-state index in [9.17, 15) is 13.0 Å². The Bertz CT molecular complexity index is 1130. The average molecular weight is 462 g/mol. The number of rotatable bonds is 8. The highest BCUT2D eigenvalue weighted by Gasteiger charge is 2.34. The normalized spacial score (nSPS) is 14.6. The first-order valence-electron chi connectivity index (χ1n) is 8.32. The maximum Gasteiger partial charge on any atom is 0.469 e. The fourth-order valence-electron chi connectivity index (χ4n) is 2.62. The van der Waals surface area contributed by atoms with Crippen molar-refractivity contribution < 1.29 is 32.0 Å². The van der Waals surface area contributed by atoms with Crippen LogP contribution in [0.5, 0.6) is 11.5 Å². The predicted octanol–water partition coefficient (Wildman–Crippen LogP) is 2.69. The van der Waals surface area contributed by atoms with Crippen LogP contribution in [0.15, 0.2) is 18.2 Å². The third-order valence-corrected chi connectivity index (χ3v) is 5.50. The van der Waals surface area contributed by atoms with Crippen molar-refractivity contribution in [3.05, 3.63) is 40.2 Å². The van der Waals surface area contributed by atoms with Crippen molar-refractivity contribution in [1.82, 2.24) is 9.78 Å². The lowest BCUT2D eigenvalue weighted by Gasteiger charge is -2.12. The van der Waals surface area contributed by atoms with Crippen LogP contribution in [0.1, 0.15) is 35.7 Å². The third kappa shape index (κ3) is 5.79. The van der Waals surface area contributed by atoms with E-state index in [4.69, 9.17) is 31.4 Å². The van der Waals surface area contributed by atoms with Gasteiger partial charge in [-0.1, -0.05) is 11.6 Å². The molecule has 0 unspecified atom stereocenters. The molecule has 156 valence electrons. The van der Waals surface area contributed by atoms with Crippen LogP contribution >= 0.6 is 19.4 Å². The second kappa shape index (κ2) is 8.07. The van der Waals surface area contributed by atoms with Gasteiger partial charge in [0.2, 0.25) is 0 Å². The Hall–Kier alpha value is -1.93. The molecule has 1 heterocycles. The summed E-state index contributed by atoms with van der Waals surface area (Å²) in [6.45, 7) is -0.612. The van der Waals surface area contributed by atoms with Gasteiger partial charge in [0.1, 0.15) is 35.7 Å². The van der Waals surface area contributed by atoms with E-state index in [0.717, 1.165) is 23.8 Å². The maximum atomic E-state index is 11.8. The van der Waals surface area contributed by atoms with Gasteiger partial charge in [0, 0.05) is 18.2 Å². The molecule has 1 aromatic carbocycles. The van der Waals surface area contributed by atoms with Gasteiger partial charge in [-0.25, -0.2) is 17.7 Å². The van der Waals surface area contributed by atoms with E-state index in [0.29, 0.717) is 5.69 Å². The second-order valence-electron chi connectivity index (χ2n) is 6.61. The molecule has 3 rings (SSSR count). The number of phosphoric acid groups is 1. The molecule has 13 heteroatoms. The number of halogens is 1. The molecule has 1 fully saturated rings. The lowest BCUT2D eigenvalue weighted by Crippen LogP contribution is -2.14. The first-order valence-corrected chi connectivity index (χ1v) is 12.3. The summed E-state index contributed by atoms with van der Waals surface area (Å²) in [5.74, 6) is -0.0598. The van der Waals surface area contributed by atoms with Crippen molar-refractivity contribution in [3.63, 3.8) is 0 Å². The zero-order chi connectivity index (χ0) is 21.4. The van der Waals surface area contributed by atoms with Crippen LogP contribution in [-0.2, 0) is 31.4 Å². The van der Waals surface area contributed by atoms with Gasteiger partial charge in [0.25, 0.3) is 0 Å². The number of nitriles is 1. The van der Waals surface area contributed by atoms with E-state index in [2.05, 4.69) is 9.62 Å². The molecule has 0 aliphatic heterocycles. The molecule has 1 aliphatic carbocycles. The standard InChI is InChI=1S/C16H17ClN3O7PS/c1-29(24,25)9-20-14(8-26-28(21,22)23)16(15(19-20)10-2-3-10)27-12-5-4-11(7-18)13(17)6-12/h4-6,10H,2-3,8-9H2,1H3,(H2,21,22,23). The highest BCUT2D eigenvalue weighted by molar-refractivity contribution is 7.89. The Balaban J connectivity index is 2.05. The summed E-state index contributed by atoms with van der Waals surface area (Å²) in [5, 5.41) is 13.5. The van der Waals surface area contributed by atoms with Crippen LogP contribution in [0, 0.1) is 11.3 Å². The van der Waals surface area contributed by atoms with Crippen LogP contribution in [-0.4, -0.2) is 34.2 Å². The molecule has 1 aliphatic rings. The van der Waals surface area contributed by atoms with Crippen molar-refractivity contribution in [1.29, 1.82) is 5.26 Å². The lowest BCUT2D eigenvalue weighted by atomic mass is 10.2. The maximum absolute atomic E-state index is 11.8. The Morgan fingerprint density at radius 3 is 2.62 bits per heavy atom. The molecule has 0 saturated heterocycles. The SMILES string of the molecule is CS(=O)(=O)Cn1nc(C2CC2)c(Oc2ccc(C#N)c(Cl)c2)c1COP(=O)(O)O. The summed E-state index contributed by atoms with van der Waals surface area (Å²) in [5.41, 5.74) is 0.791. The molecular weight excluding hydrogens is 445 g/mol. The zero-order valence-corrected chi connectivity index (χ0v) is 17.6. The minimum Gasteiger partial charge on any atom is -0.453 e. The molecule has 2 aromatic rings. The van der Waals surface area contributed by atoms with Crippen LogP contribution in [0.2, 0.25) is 5.02 Å². The van der Waals surface area contributed by atoms with Crippen LogP contribution < -0.4 is 4.74 Å². The number of sulfone groups is 1. The number of benzene rings is 1. The third-order valence-electron chi connectivity index (χ3n) is 4.01. The lowest BCUT2D eigenvalue weighted by molar-refractivity contribution is 0.183. The highest BCUT2D eigenvalue weighted by Crippen LogP contribution is 2.47. The largest absolute Gasteiger partial charge is 0.469 e. The van der Waals surface area contributed by atoms with Crippen LogP contribution in [0.4, 0.5) is 0 Å². The number of nitrogens with zero attached hydrogens (tertiary/aromatic N) is 3. The number of hydrogen-bond donors (Lipinski definition) is 2. The van der Waals surface area contributed by atoms with Crippen molar-refractivity contribution in [2.45, 2.75) is 31.2 Å². The molecule has 0 amide bonds. The monoisotopic (exact) mass is 461 g/mol. The summed E-state index contributed by atoms with van der Waals surface area (Å²) in [6, 6.07) is 6.30. The Morgan fingerprint density at radius 1 is 1.41 bits per heavy atom. The van der Waals surface area contributed by atoms with Gasteiger partial charge in [-0.15, -0.1) is 0 Å². The molecule has 1 saturated carbocycles. The fourth-order valence-corrected chi connectivity index (χ4v) is 3.78. The second-order valence-corrected chi connectivity index (χ2v) is 10.4. The summed E-state index contributed by atoms with van der Waals surface area (Å²) < 4.78 is 46.3. The Kier molecular flexibility index (Phi) is 6.06. The number of hydrogen-bond acceptors (Lipinski definition) is 7. The van der Waals surface area contributed by atoms with Gasteiger partial charge < -0.3 is 14.5 Å². The predicted molar refractivity (Wildman–Crippen MR) is 102 cm³/mol. The van der Waals surface area contributed by atoms with Crippen molar-refractivity contribution in [2.75, 3.05) is 6.26 Å². The first-order chi connectivity index (χ1) is 13.5. The van der Waals surface area contributed by atoms with E-state index in [-0.39, 0.29) is 33.7 Å². The van der Waals surface area contributed by atoms with Crippen molar-refractivity contribution in [3.8, 4) is 17.6 Å². The number of phosphoric ester groups is 1. The van der Waals surface area contributed by atoms with Crippen LogP contribution in [0.3, 0.4) is 0 Å². The van der Waals surface area contributed by atoms with Gasteiger partial charge >= 0.3 is 7.82 Å². The Morgan fingerprint density at radius 2 is 2.10 bits per heavy atom. The van der Waals surface area contributed by atoms with Gasteiger partial charge in [0.05, 0.1) is 10.6 Å². The minimum atomic E-state index is -4.83. The molecule has 29 heavy (non-hydrogen) atoms.